The molecular formula is C54H63N3O9. The number of unbranched alkanes of at least 4 members (excludes halogenated alkanes) is 2. The quantitative estimate of drug-likeness (QED) is 0.0258. The summed E-state index contributed by atoms with van der Waals surface area (Å²) in [6, 6.07) is 27.2. The number of hydrogen-bond acceptors (Lipinski definition) is 10. The largest absolute Gasteiger partial charge is 0.459 e. The molecule has 1 aliphatic heterocycles. The lowest BCUT2D eigenvalue weighted by Gasteiger charge is -2.60. The zero-order valence-corrected chi connectivity index (χ0v) is 38.3. The van der Waals surface area contributed by atoms with Crippen molar-refractivity contribution in [1.82, 2.24) is 4.90 Å². The molecule has 0 spiro atoms. The molecule has 12 heteroatoms. The third-order valence-corrected chi connectivity index (χ3v) is 13.3. The Morgan fingerprint density at radius 3 is 2.38 bits per heavy atom. The van der Waals surface area contributed by atoms with E-state index in [4.69, 9.17) is 24.2 Å². The van der Waals surface area contributed by atoms with Gasteiger partial charge in [-0.2, -0.15) is 0 Å². The number of carbonyl (C=O) groups is 1. The highest BCUT2D eigenvalue weighted by Gasteiger charge is 2.65. The molecular weight excluding hydrogens is 835 g/mol. The molecule has 2 aliphatic carbocycles. The molecule has 1 saturated carbocycles. The average molecular weight is 898 g/mol. The van der Waals surface area contributed by atoms with Crippen molar-refractivity contribution in [3.8, 4) is 17.2 Å². The number of fused-ring (bicyclic) bond motifs is 2. The lowest BCUT2D eigenvalue weighted by atomic mass is 9.55. The summed E-state index contributed by atoms with van der Waals surface area (Å²) >= 11 is 0. The van der Waals surface area contributed by atoms with Gasteiger partial charge in [-0.1, -0.05) is 73.5 Å². The zero-order valence-electron chi connectivity index (χ0n) is 38.3. The number of benzene rings is 4. The summed E-state index contributed by atoms with van der Waals surface area (Å²) in [6.07, 6.45) is 12.6. The van der Waals surface area contributed by atoms with E-state index in [0.29, 0.717) is 48.6 Å². The molecule has 0 bridgehead atoms. The van der Waals surface area contributed by atoms with Crippen molar-refractivity contribution in [2.45, 2.75) is 96.5 Å². The summed E-state index contributed by atoms with van der Waals surface area (Å²) in [5, 5.41) is 36.3. The SMILES string of the molecule is C=CCO[C@@]12Oc3ccc(Oc4ccc(C)c(C)c4)cc3[C@H]3[C@H](CCCCO)[C@@H](CCCCO)C=C(C(=NOCc4ccccc4)C[C@@H]1N(CCC)C(=O)C=Cc1ccc([N+](=O)[O-])cc1)[C@H]32. The standard InChI is InChI=1S/C54H63N3O9/c1-5-28-56(51(60)27-21-39-19-22-42(23-20-39)57(61)62)50-35-48(55-64-36-40-14-8-7-9-15-40)46-33-41(16-10-12-29-58)45(17-11-13-30-59)52-47-34-44(65-43-24-18-37(3)38(4)32-43)25-26-49(47)66-54(50,53(46)52)63-31-6-2/h6-9,14-15,18-27,32-34,41,45,50,52-53,58-59H,2,5,10-13,16-17,28-31,35-36H2,1,3-4H3/t41-,45+,50-,52+,53+,54+/m0/s1. The summed E-state index contributed by atoms with van der Waals surface area (Å²) < 4.78 is 21.1. The monoisotopic (exact) mass is 897 g/mol. The van der Waals surface area contributed by atoms with E-state index < -0.39 is 22.7 Å². The van der Waals surface area contributed by atoms with Crippen LogP contribution in [0.1, 0.15) is 92.0 Å². The van der Waals surface area contributed by atoms with E-state index in [1.165, 1.54) is 23.8 Å². The number of non-ortho nitro benzene ring substituents is 1. The van der Waals surface area contributed by atoms with E-state index >= 15 is 0 Å². The lowest BCUT2D eigenvalue weighted by molar-refractivity contribution is -0.384. The van der Waals surface area contributed by atoms with Crippen molar-refractivity contribution < 1.29 is 39.0 Å². The van der Waals surface area contributed by atoms with Crippen LogP contribution in [0.3, 0.4) is 0 Å². The lowest BCUT2D eigenvalue weighted by Crippen LogP contribution is -2.70. The minimum atomic E-state index is -1.43. The van der Waals surface area contributed by atoms with Crippen molar-refractivity contribution >= 4 is 23.4 Å². The number of nitrogens with zero attached hydrogens (tertiary/aromatic N) is 3. The molecule has 0 unspecified atom stereocenters. The van der Waals surface area contributed by atoms with E-state index in [9.17, 15) is 25.1 Å². The molecule has 1 heterocycles. The van der Waals surface area contributed by atoms with Crippen molar-refractivity contribution in [3.63, 3.8) is 0 Å². The van der Waals surface area contributed by atoms with Crippen LogP contribution in [0.2, 0.25) is 0 Å². The van der Waals surface area contributed by atoms with Gasteiger partial charge in [0.25, 0.3) is 5.69 Å². The van der Waals surface area contributed by atoms with Gasteiger partial charge in [0.05, 0.1) is 23.2 Å². The van der Waals surface area contributed by atoms with E-state index in [-0.39, 0.29) is 62.2 Å². The number of nitro benzene ring substituents is 1. The number of allylic oxidation sites excluding steroid dienone is 1. The van der Waals surface area contributed by atoms with Gasteiger partial charge < -0.3 is 34.2 Å². The van der Waals surface area contributed by atoms with Crippen LogP contribution in [0.25, 0.3) is 6.08 Å². The smallest absolute Gasteiger partial charge is 0.269 e. The Morgan fingerprint density at radius 2 is 1.68 bits per heavy atom. The van der Waals surface area contributed by atoms with Gasteiger partial charge in [-0.3, -0.25) is 14.9 Å². The highest BCUT2D eigenvalue weighted by Crippen LogP contribution is 2.62. The minimum absolute atomic E-state index is 0.0363. The first-order valence-corrected chi connectivity index (χ1v) is 23.3. The van der Waals surface area contributed by atoms with E-state index in [0.717, 1.165) is 53.7 Å². The molecule has 0 aromatic heterocycles. The molecule has 1 fully saturated rings. The summed E-state index contributed by atoms with van der Waals surface area (Å²) in [5.41, 5.74) is 6.46. The van der Waals surface area contributed by atoms with Gasteiger partial charge in [-0.25, -0.2) is 0 Å². The maximum Gasteiger partial charge on any atom is 0.269 e. The van der Waals surface area contributed by atoms with Crippen LogP contribution in [0.15, 0.2) is 127 Å². The number of ether oxygens (including phenoxy) is 3. The van der Waals surface area contributed by atoms with E-state index in [1.54, 1.807) is 24.3 Å². The summed E-state index contributed by atoms with van der Waals surface area (Å²) in [5.74, 6) is -0.300. The number of aliphatic hydroxyl groups is 2. The van der Waals surface area contributed by atoms with Gasteiger partial charge in [0.15, 0.2) is 0 Å². The van der Waals surface area contributed by atoms with Crippen LogP contribution in [-0.2, 0) is 21.0 Å². The number of aryl methyl sites for hydroxylation is 2. The number of amides is 1. The fourth-order valence-corrected chi connectivity index (χ4v) is 10.0. The minimum Gasteiger partial charge on any atom is -0.459 e. The summed E-state index contributed by atoms with van der Waals surface area (Å²) in [6.45, 7) is 11.1. The Hall–Kier alpha value is -6.08. The third-order valence-electron chi connectivity index (χ3n) is 13.3. The van der Waals surface area contributed by atoms with E-state index in [2.05, 4.69) is 38.6 Å². The first-order valence-electron chi connectivity index (χ1n) is 23.3. The van der Waals surface area contributed by atoms with Crippen LogP contribution < -0.4 is 9.47 Å². The number of nitro groups is 1. The normalized spacial score (nSPS) is 22.5. The molecule has 3 aliphatic rings. The molecule has 0 radical (unpaired) electrons. The first-order chi connectivity index (χ1) is 32.1. The molecule has 66 heavy (non-hydrogen) atoms. The molecule has 7 rings (SSSR count). The molecule has 0 saturated heterocycles. The van der Waals surface area contributed by atoms with Gasteiger partial charge in [-0.15, -0.1) is 6.58 Å². The molecule has 2 N–H and O–H groups in total. The summed E-state index contributed by atoms with van der Waals surface area (Å²) in [7, 11) is 0. The Bertz CT molecular complexity index is 2400. The van der Waals surface area contributed by atoms with Crippen LogP contribution in [0.4, 0.5) is 5.69 Å². The number of rotatable bonds is 22. The second-order valence-corrected chi connectivity index (χ2v) is 17.6. The average Bonchev–Trinajstić information content (AvgIpc) is 3.32. The van der Waals surface area contributed by atoms with Crippen LogP contribution in [-0.4, -0.2) is 69.8 Å². The van der Waals surface area contributed by atoms with Gasteiger partial charge in [0.1, 0.15) is 29.9 Å². The van der Waals surface area contributed by atoms with Gasteiger partial charge in [0, 0.05) is 55.9 Å². The van der Waals surface area contributed by atoms with Crippen LogP contribution >= 0.6 is 0 Å². The highest BCUT2D eigenvalue weighted by atomic mass is 16.7. The van der Waals surface area contributed by atoms with Gasteiger partial charge in [-0.05, 0) is 134 Å². The Balaban J connectivity index is 1.42. The van der Waals surface area contributed by atoms with E-state index in [1.807, 2.05) is 66.4 Å². The second-order valence-electron chi connectivity index (χ2n) is 17.6. The predicted octanol–water partition coefficient (Wildman–Crippen LogP) is 10.8. The summed E-state index contributed by atoms with van der Waals surface area (Å²) in [4.78, 5) is 33.8. The van der Waals surface area contributed by atoms with Crippen LogP contribution in [0.5, 0.6) is 17.2 Å². The van der Waals surface area contributed by atoms with Crippen molar-refractivity contribution in [2.75, 3.05) is 26.4 Å². The van der Waals surface area contributed by atoms with Crippen LogP contribution in [0, 0.1) is 41.7 Å². The number of oxime groups is 1. The fraction of sp³-hybridized carbons (Fsp3) is 0.407. The molecule has 1 amide bonds. The molecule has 348 valence electrons. The highest BCUT2D eigenvalue weighted by molar-refractivity contribution is 6.03. The molecule has 4 aromatic rings. The Morgan fingerprint density at radius 1 is 0.955 bits per heavy atom. The zero-order chi connectivity index (χ0) is 46.6. The topological polar surface area (TPSA) is 153 Å². The third kappa shape index (κ3) is 10.8. The first kappa shape index (κ1) is 47.9. The van der Waals surface area contributed by atoms with Crippen molar-refractivity contribution in [1.29, 1.82) is 0 Å². The maximum absolute atomic E-state index is 14.8. The molecule has 12 nitrogen and oxygen atoms in total. The Kier molecular flexibility index (Phi) is 16.3. The maximum atomic E-state index is 14.8. The fourth-order valence-electron chi connectivity index (χ4n) is 10.0. The number of carbonyl (C=O) groups excluding carboxylic acids is 1. The second kappa shape index (κ2) is 22.4. The predicted molar refractivity (Wildman–Crippen MR) is 256 cm³/mol. The van der Waals surface area contributed by atoms with Gasteiger partial charge in [0.2, 0.25) is 11.7 Å². The van der Waals surface area contributed by atoms with Crippen molar-refractivity contribution in [2.24, 2.45) is 22.9 Å². The van der Waals surface area contributed by atoms with Gasteiger partial charge >= 0.3 is 0 Å². The number of aliphatic hydroxyl groups excluding tert-OH is 2. The van der Waals surface area contributed by atoms with Crippen molar-refractivity contribution in [3.05, 3.63) is 159 Å². The molecule has 6 atom stereocenters. The Labute approximate surface area is 388 Å². The number of hydrogen-bond donors (Lipinski definition) is 2. The molecule has 4 aromatic carbocycles.